The van der Waals surface area contributed by atoms with Crippen LogP contribution < -0.4 is 0 Å². The average Bonchev–Trinajstić information content (AvgIpc) is 2.34. The Kier molecular flexibility index (Phi) is 11.8. The van der Waals surface area contributed by atoms with Gasteiger partial charge in [-0.25, -0.2) is 0 Å². The summed E-state index contributed by atoms with van der Waals surface area (Å²) >= 11 is 0. The van der Waals surface area contributed by atoms with E-state index < -0.39 is 5.60 Å². The summed E-state index contributed by atoms with van der Waals surface area (Å²) in [5.74, 6) is -0.298. The number of carbonyl (C=O) groups is 1. The number of hydrogen-bond acceptors (Lipinski definition) is 3. The van der Waals surface area contributed by atoms with Crippen LogP contribution in [0.4, 0.5) is 0 Å². The van der Waals surface area contributed by atoms with Gasteiger partial charge in [0.05, 0.1) is 18.6 Å². The van der Waals surface area contributed by atoms with Crippen molar-refractivity contribution in [3.05, 3.63) is 0 Å². The van der Waals surface area contributed by atoms with Gasteiger partial charge in [0.25, 0.3) is 0 Å². The van der Waals surface area contributed by atoms with Crippen molar-refractivity contribution in [1.29, 1.82) is 0 Å². The Labute approximate surface area is 125 Å². The molecule has 0 aliphatic rings. The molecule has 0 spiro atoms. The molecule has 20 heavy (non-hydrogen) atoms. The highest BCUT2D eigenvalue weighted by atomic mass is 16.5. The van der Waals surface area contributed by atoms with Gasteiger partial charge in [-0.15, -0.1) is 0 Å². The third-order valence-corrected chi connectivity index (χ3v) is 3.34. The van der Waals surface area contributed by atoms with Gasteiger partial charge in [-0.1, -0.05) is 64.7 Å². The summed E-state index contributed by atoms with van der Waals surface area (Å²) in [5.41, 5.74) is -0.963. The van der Waals surface area contributed by atoms with Crippen molar-refractivity contribution in [2.75, 3.05) is 6.61 Å². The molecule has 0 saturated heterocycles. The Morgan fingerprint density at radius 1 is 0.900 bits per heavy atom. The van der Waals surface area contributed by atoms with Gasteiger partial charge in [-0.3, -0.25) is 4.79 Å². The van der Waals surface area contributed by atoms with E-state index in [9.17, 15) is 9.90 Å². The molecule has 0 unspecified atom stereocenters. The van der Waals surface area contributed by atoms with E-state index >= 15 is 0 Å². The maximum absolute atomic E-state index is 11.3. The van der Waals surface area contributed by atoms with Gasteiger partial charge in [0.15, 0.2) is 0 Å². The Morgan fingerprint density at radius 2 is 1.35 bits per heavy atom. The lowest BCUT2D eigenvalue weighted by Gasteiger charge is -2.15. The van der Waals surface area contributed by atoms with Crippen LogP contribution in [0.25, 0.3) is 0 Å². The minimum Gasteiger partial charge on any atom is -0.466 e. The summed E-state index contributed by atoms with van der Waals surface area (Å²) in [6.45, 7) is 5.98. The van der Waals surface area contributed by atoms with Crippen LogP contribution in [0.2, 0.25) is 0 Å². The molecular weight excluding hydrogens is 252 g/mol. The van der Waals surface area contributed by atoms with Crippen LogP contribution >= 0.6 is 0 Å². The second kappa shape index (κ2) is 12.2. The van der Waals surface area contributed by atoms with Crippen molar-refractivity contribution in [3.8, 4) is 0 Å². The number of ether oxygens (including phenoxy) is 1. The monoisotopic (exact) mass is 286 g/mol. The molecule has 120 valence electrons. The molecule has 0 saturated carbocycles. The lowest BCUT2D eigenvalue weighted by molar-refractivity contribution is -0.148. The first-order valence-corrected chi connectivity index (χ1v) is 8.33. The molecule has 1 N–H and O–H groups in total. The van der Waals surface area contributed by atoms with E-state index in [1.165, 1.54) is 51.4 Å². The van der Waals surface area contributed by atoms with Crippen molar-refractivity contribution in [2.45, 2.75) is 97.0 Å². The molecule has 0 aliphatic heterocycles. The maximum atomic E-state index is 11.3. The molecule has 0 heterocycles. The maximum Gasteiger partial charge on any atom is 0.308 e. The minimum absolute atomic E-state index is 0.0742. The second-order valence-electron chi connectivity index (χ2n) is 6.39. The van der Waals surface area contributed by atoms with Crippen LogP contribution in [0.5, 0.6) is 0 Å². The fourth-order valence-electron chi connectivity index (χ4n) is 2.18. The summed E-state index contributed by atoms with van der Waals surface area (Å²) in [5, 5.41) is 9.46. The zero-order valence-electron chi connectivity index (χ0n) is 13.7. The first kappa shape index (κ1) is 19.4. The molecule has 0 aromatic heterocycles. The van der Waals surface area contributed by atoms with E-state index in [2.05, 4.69) is 6.92 Å². The number of carbonyl (C=O) groups excluding carboxylic acids is 1. The van der Waals surface area contributed by atoms with Crippen LogP contribution in [0, 0.1) is 0 Å². The molecule has 0 rings (SSSR count). The third kappa shape index (κ3) is 15.5. The van der Waals surface area contributed by atoms with Crippen molar-refractivity contribution in [3.63, 3.8) is 0 Å². The molecule has 0 atom stereocenters. The zero-order valence-corrected chi connectivity index (χ0v) is 13.7. The molecule has 0 radical (unpaired) electrons. The van der Waals surface area contributed by atoms with Gasteiger partial charge in [0.2, 0.25) is 0 Å². The van der Waals surface area contributed by atoms with E-state index in [0.29, 0.717) is 6.61 Å². The molecule has 0 bridgehead atoms. The highest BCUT2D eigenvalue weighted by Crippen LogP contribution is 2.11. The Balaban J connectivity index is 3.19. The summed E-state index contributed by atoms with van der Waals surface area (Å²) in [6.07, 6.45) is 12.8. The van der Waals surface area contributed by atoms with Gasteiger partial charge in [0, 0.05) is 0 Å². The fraction of sp³-hybridized carbons (Fsp3) is 0.941. The van der Waals surface area contributed by atoms with E-state index in [-0.39, 0.29) is 12.4 Å². The molecule has 0 fully saturated rings. The number of esters is 1. The van der Waals surface area contributed by atoms with Gasteiger partial charge >= 0.3 is 5.97 Å². The predicted octanol–water partition coefficient (Wildman–Crippen LogP) is 4.61. The molecule has 0 aromatic carbocycles. The van der Waals surface area contributed by atoms with Gasteiger partial charge in [-0.2, -0.15) is 0 Å². The first-order chi connectivity index (χ1) is 9.45. The second-order valence-corrected chi connectivity index (χ2v) is 6.39. The molecule has 0 amide bonds. The average molecular weight is 286 g/mol. The number of rotatable bonds is 13. The van der Waals surface area contributed by atoms with E-state index in [4.69, 9.17) is 4.74 Å². The lowest BCUT2D eigenvalue weighted by Crippen LogP contribution is -2.24. The quantitative estimate of drug-likeness (QED) is 0.397. The fourth-order valence-corrected chi connectivity index (χ4v) is 2.18. The highest BCUT2D eigenvalue weighted by Gasteiger charge is 2.18. The molecule has 3 nitrogen and oxygen atoms in total. The van der Waals surface area contributed by atoms with E-state index in [0.717, 1.165) is 12.8 Å². The molecular formula is C17H34O3. The SMILES string of the molecule is CCCCCCCCCCCCOC(=O)CC(C)(C)O. The first-order valence-electron chi connectivity index (χ1n) is 8.33. The summed E-state index contributed by atoms with van der Waals surface area (Å²) in [7, 11) is 0. The molecule has 0 aromatic rings. The standard InChI is InChI=1S/C17H34O3/c1-4-5-6-7-8-9-10-11-12-13-14-20-16(18)15-17(2,3)19/h19H,4-15H2,1-3H3. The Morgan fingerprint density at radius 3 is 1.80 bits per heavy atom. The van der Waals surface area contributed by atoms with Crippen LogP contribution in [0.15, 0.2) is 0 Å². The van der Waals surface area contributed by atoms with E-state index in [1.54, 1.807) is 13.8 Å². The molecule has 0 aliphatic carbocycles. The lowest BCUT2D eigenvalue weighted by atomic mass is 10.1. The third-order valence-electron chi connectivity index (χ3n) is 3.34. The van der Waals surface area contributed by atoms with Crippen molar-refractivity contribution >= 4 is 5.97 Å². The summed E-state index contributed by atoms with van der Waals surface area (Å²) < 4.78 is 5.09. The highest BCUT2D eigenvalue weighted by molar-refractivity contribution is 5.70. The van der Waals surface area contributed by atoms with Crippen molar-refractivity contribution in [2.24, 2.45) is 0 Å². The zero-order chi connectivity index (χ0) is 15.3. The summed E-state index contributed by atoms with van der Waals surface area (Å²) in [4.78, 5) is 11.3. The number of unbranched alkanes of at least 4 members (excludes halogenated alkanes) is 9. The van der Waals surface area contributed by atoms with Crippen molar-refractivity contribution < 1.29 is 14.6 Å². The van der Waals surface area contributed by atoms with Crippen LogP contribution in [0.3, 0.4) is 0 Å². The van der Waals surface area contributed by atoms with Crippen molar-refractivity contribution in [1.82, 2.24) is 0 Å². The molecule has 3 heteroatoms. The normalized spacial score (nSPS) is 11.6. The van der Waals surface area contributed by atoms with E-state index in [1.807, 2.05) is 0 Å². The predicted molar refractivity (Wildman–Crippen MR) is 83.7 cm³/mol. The number of aliphatic hydroxyl groups is 1. The smallest absolute Gasteiger partial charge is 0.308 e. The minimum atomic E-state index is -0.963. The van der Waals surface area contributed by atoms with Gasteiger partial charge in [-0.05, 0) is 20.3 Å². The Hall–Kier alpha value is -0.570. The van der Waals surface area contributed by atoms with Crippen LogP contribution in [0.1, 0.15) is 91.4 Å². The summed E-state index contributed by atoms with van der Waals surface area (Å²) in [6, 6.07) is 0. The van der Waals surface area contributed by atoms with Crippen LogP contribution in [-0.4, -0.2) is 23.3 Å². The van der Waals surface area contributed by atoms with Gasteiger partial charge in [0.1, 0.15) is 0 Å². The number of hydrogen-bond donors (Lipinski definition) is 1. The van der Waals surface area contributed by atoms with Gasteiger partial charge < -0.3 is 9.84 Å². The Bertz CT molecular complexity index is 231. The topological polar surface area (TPSA) is 46.5 Å². The largest absolute Gasteiger partial charge is 0.466 e. The van der Waals surface area contributed by atoms with Crippen LogP contribution in [-0.2, 0) is 9.53 Å².